The van der Waals surface area contributed by atoms with Crippen molar-refractivity contribution in [3.63, 3.8) is 0 Å². The van der Waals surface area contributed by atoms with Crippen LogP contribution < -0.4 is 5.32 Å². The molecule has 1 N–H and O–H groups in total. The minimum atomic E-state index is -0.517. The number of nitro benzene ring substituents is 1. The Balaban J connectivity index is 1.60. The first-order valence-corrected chi connectivity index (χ1v) is 9.57. The van der Waals surface area contributed by atoms with Gasteiger partial charge in [-0.2, -0.15) is 0 Å². The van der Waals surface area contributed by atoms with Crippen LogP contribution in [0.4, 0.5) is 11.4 Å². The Kier molecular flexibility index (Phi) is 6.05. The number of aryl methyl sites for hydroxylation is 1. The average molecular weight is 397 g/mol. The van der Waals surface area contributed by atoms with E-state index < -0.39 is 4.92 Å². The Hall–Kier alpha value is -3.20. The number of nitrogens with one attached hydrogen (secondary N) is 1. The van der Waals surface area contributed by atoms with E-state index in [2.05, 4.69) is 15.5 Å². The van der Waals surface area contributed by atoms with Crippen LogP contribution in [0.1, 0.15) is 12.0 Å². The van der Waals surface area contributed by atoms with E-state index in [4.69, 9.17) is 0 Å². The molecule has 0 atom stereocenters. The Labute approximate surface area is 166 Å². The van der Waals surface area contributed by atoms with Gasteiger partial charge in [-0.25, -0.2) is 0 Å². The summed E-state index contributed by atoms with van der Waals surface area (Å²) in [6, 6.07) is 14.0. The monoisotopic (exact) mass is 397 g/mol. The summed E-state index contributed by atoms with van der Waals surface area (Å²) < 4.78 is 1.90. The summed E-state index contributed by atoms with van der Waals surface area (Å²) in [6.45, 7) is 2.02. The Morgan fingerprint density at radius 2 is 1.89 bits per heavy atom. The number of benzene rings is 2. The second kappa shape index (κ2) is 8.66. The van der Waals surface area contributed by atoms with E-state index in [0.717, 1.165) is 17.0 Å². The molecule has 0 saturated heterocycles. The number of para-hydroxylation sites is 2. The van der Waals surface area contributed by atoms with Gasteiger partial charge in [-0.05, 0) is 18.6 Å². The van der Waals surface area contributed by atoms with Gasteiger partial charge in [-0.3, -0.25) is 14.9 Å². The molecule has 144 valence electrons. The Morgan fingerprint density at radius 3 is 2.64 bits per heavy atom. The zero-order chi connectivity index (χ0) is 20.1. The first-order valence-electron chi connectivity index (χ1n) is 8.59. The van der Waals surface area contributed by atoms with Crippen LogP contribution in [0, 0.1) is 17.0 Å². The van der Waals surface area contributed by atoms with E-state index in [0.29, 0.717) is 10.9 Å². The molecule has 0 spiro atoms. The lowest BCUT2D eigenvalue weighted by Crippen LogP contribution is -2.13. The Morgan fingerprint density at radius 1 is 1.18 bits per heavy atom. The number of hydrogen-bond acceptors (Lipinski definition) is 6. The van der Waals surface area contributed by atoms with Gasteiger partial charge in [0.25, 0.3) is 5.69 Å². The van der Waals surface area contributed by atoms with Crippen molar-refractivity contribution in [2.24, 2.45) is 7.05 Å². The zero-order valence-corrected chi connectivity index (χ0v) is 16.3. The minimum Gasteiger partial charge on any atom is -0.320 e. The molecule has 0 unspecified atom stereocenters. The third-order valence-electron chi connectivity index (χ3n) is 4.16. The van der Waals surface area contributed by atoms with Crippen molar-refractivity contribution in [2.45, 2.75) is 18.5 Å². The summed E-state index contributed by atoms with van der Waals surface area (Å²) in [5.74, 6) is 0.958. The fourth-order valence-electron chi connectivity index (χ4n) is 2.69. The summed E-state index contributed by atoms with van der Waals surface area (Å²) >= 11 is 1.41. The molecule has 0 saturated carbocycles. The average Bonchev–Trinajstić information content (AvgIpc) is 3.03. The molecule has 28 heavy (non-hydrogen) atoms. The number of anilines is 1. The van der Waals surface area contributed by atoms with Crippen LogP contribution in [0.15, 0.2) is 53.7 Å². The number of nitro groups is 1. The molecule has 0 aliphatic rings. The number of carbonyl (C=O) groups is 1. The molecule has 9 heteroatoms. The number of hydrogen-bond donors (Lipinski definition) is 1. The molecule has 1 heterocycles. The summed E-state index contributed by atoms with van der Waals surface area (Å²) in [6.07, 6.45) is 0.198. The van der Waals surface area contributed by atoms with Crippen molar-refractivity contribution in [1.82, 2.24) is 14.8 Å². The van der Waals surface area contributed by atoms with Gasteiger partial charge >= 0.3 is 0 Å². The number of nitrogens with zero attached hydrogens (tertiary/aromatic N) is 4. The first-order chi connectivity index (χ1) is 13.5. The van der Waals surface area contributed by atoms with Gasteiger partial charge in [0, 0.05) is 30.9 Å². The molecule has 0 fully saturated rings. The summed E-state index contributed by atoms with van der Waals surface area (Å²) in [7, 11) is 1.89. The fourth-order valence-corrected chi connectivity index (χ4v) is 3.53. The van der Waals surface area contributed by atoms with Crippen molar-refractivity contribution in [2.75, 3.05) is 11.1 Å². The van der Waals surface area contributed by atoms with Gasteiger partial charge in [-0.1, -0.05) is 48.2 Å². The number of carbonyl (C=O) groups excluding carboxylic acids is 1. The highest BCUT2D eigenvalue weighted by Crippen LogP contribution is 2.26. The van der Waals surface area contributed by atoms with Gasteiger partial charge < -0.3 is 9.88 Å². The van der Waals surface area contributed by atoms with Crippen LogP contribution in [0.2, 0.25) is 0 Å². The molecule has 8 nitrogen and oxygen atoms in total. The van der Waals surface area contributed by atoms with E-state index >= 15 is 0 Å². The van der Waals surface area contributed by atoms with Gasteiger partial charge in [0.15, 0.2) is 11.0 Å². The van der Waals surface area contributed by atoms with Crippen LogP contribution in [0.3, 0.4) is 0 Å². The second-order valence-electron chi connectivity index (χ2n) is 6.10. The molecule has 3 rings (SSSR count). The number of aromatic nitrogens is 3. The van der Waals surface area contributed by atoms with E-state index in [-0.39, 0.29) is 23.7 Å². The van der Waals surface area contributed by atoms with Crippen molar-refractivity contribution in [3.05, 3.63) is 64.2 Å². The van der Waals surface area contributed by atoms with E-state index in [1.165, 1.54) is 23.9 Å². The van der Waals surface area contributed by atoms with Crippen molar-refractivity contribution in [1.29, 1.82) is 0 Å². The van der Waals surface area contributed by atoms with Crippen LogP contribution >= 0.6 is 11.8 Å². The summed E-state index contributed by atoms with van der Waals surface area (Å²) in [4.78, 5) is 22.6. The fraction of sp³-hybridized carbons (Fsp3) is 0.211. The number of amides is 1. The van der Waals surface area contributed by atoms with Gasteiger partial charge in [0.2, 0.25) is 5.91 Å². The SMILES string of the molecule is Cc1ccccc1-c1nnc(SCCC(=O)Nc2ccccc2[N+](=O)[O-])n1C. The highest BCUT2D eigenvalue weighted by molar-refractivity contribution is 7.99. The maximum absolute atomic E-state index is 12.1. The van der Waals surface area contributed by atoms with Crippen LogP contribution in [0.25, 0.3) is 11.4 Å². The van der Waals surface area contributed by atoms with Crippen molar-refractivity contribution in [3.8, 4) is 11.4 Å². The quantitative estimate of drug-likeness (QED) is 0.369. The number of rotatable bonds is 7. The van der Waals surface area contributed by atoms with Crippen molar-refractivity contribution >= 4 is 29.0 Å². The third kappa shape index (κ3) is 4.37. The topological polar surface area (TPSA) is 103 Å². The first kappa shape index (κ1) is 19.6. The largest absolute Gasteiger partial charge is 0.320 e. The molecule has 0 radical (unpaired) electrons. The minimum absolute atomic E-state index is 0.125. The van der Waals surface area contributed by atoms with Crippen LogP contribution in [0.5, 0.6) is 0 Å². The molecular weight excluding hydrogens is 378 g/mol. The molecular formula is C19H19N5O3S. The van der Waals surface area contributed by atoms with Crippen molar-refractivity contribution < 1.29 is 9.72 Å². The Bertz CT molecular complexity index is 1020. The summed E-state index contributed by atoms with van der Waals surface area (Å²) in [5, 5.41) is 22.8. The molecule has 0 bridgehead atoms. The normalized spacial score (nSPS) is 10.6. The standard InChI is InChI=1S/C19H19N5O3S/c1-13-7-3-4-8-14(13)18-21-22-19(23(18)2)28-12-11-17(25)20-15-9-5-6-10-16(15)24(26)27/h3-10H,11-12H2,1-2H3,(H,20,25). The molecule has 1 amide bonds. The number of thioether (sulfide) groups is 1. The van der Waals surface area contributed by atoms with Gasteiger partial charge in [0.1, 0.15) is 5.69 Å². The maximum Gasteiger partial charge on any atom is 0.292 e. The second-order valence-corrected chi connectivity index (χ2v) is 7.16. The van der Waals surface area contributed by atoms with E-state index in [9.17, 15) is 14.9 Å². The molecule has 3 aromatic rings. The molecule has 0 aliphatic heterocycles. The molecule has 1 aromatic heterocycles. The maximum atomic E-state index is 12.1. The third-order valence-corrected chi connectivity index (χ3v) is 5.18. The van der Waals surface area contributed by atoms with E-state index in [1.807, 2.05) is 42.8 Å². The van der Waals surface area contributed by atoms with Crippen LogP contribution in [-0.4, -0.2) is 31.3 Å². The van der Waals surface area contributed by atoms with Gasteiger partial charge in [-0.15, -0.1) is 10.2 Å². The highest BCUT2D eigenvalue weighted by atomic mass is 32.2. The molecule has 0 aliphatic carbocycles. The van der Waals surface area contributed by atoms with Gasteiger partial charge in [0.05, 0.1) is 4.92 Å². The van der Waals surface area contributed by atoms with E-state index in [1.54, 1.807) is 12.1 Å². The lowest BCUT2D eigenvalue weighted by molar-refractivity contribution is -0.383. The predicted octanol–water partition coefficient (Wildman–Crippen LogP) is 3.82. The predicted molar refractivity (Wildman–Crippen MR) is 108 cm³/mol. The zero-order valence-electron chi connectivity index (χ0n) is 15.5. The lowest BCUT2D eigenvalue weighted by atomic mass is 10.1. The van der Waals surface area contributed by atoms with Crippen LogP contribution in [-0.2, 0) is 11.8 Å². The summed E-state index contributed by atoms with van der Waals surface area (Å²) in [5.41, 5.74) is 2.19. The lowest BCUT2D eigenvalue weighted by Gasteiger charge is -2.07. The smallest absolute Gasteiger partial charge is 0.292 e. The molecule has 2 aromatic carbocycles. The highest BCUT2D eigenvalue weighted by Gasteiger charge is 2.16.